The maximum atomic E-state index is 13.4. The van der Waals surface area contributed by atoms with Gasteiger partial charge >= 0.3 is 5.97 Å². The number of nitrogens with zero attached hydrogens (tertiary/aromatic N) is 4. The molecule has 0 aliphatic carbocycles. The van der Waals surface area contributed by atoms with Gasteiger partial charge in [-0.15, -0.1) is 5.10 Å². The van der Waals surface area contributed by atoms with Gasteiger partial charge in [0.2, 0.25) is 5.91 Å². The fourth-order valence-electron chi connectivity index (χ4n) is 2.86. The van der Waals surface area contributed by atoms with Crippen LogP contribution >= 0.6 is 0 Å². The number of carbonyl (C=O) groups excluding carboxylic acids is 1. The molecule has 2 heterocycles. The van der Waals surface area contributed by atoms with Crippen LogP contribution in [0.25, 0.3) is 0 Å². The number of hydrogen-bond donors (Lipinski definition) is 1. The number of benzene rings is 1. The second kappa shape index (κ2) is 8.05. The van der Waals surface area contributed by atoms with E-state index in [1.165, 1.54) is 23.0 Å². The first-order valence-corrected chi connectivity index (χ1v) is 8.28. The van der Waals surface area contributed by atoms with E-state index in [1.807, 2.05) is 0 Å². The highest BCUT2D eigenvalue weighted by Gasteiger charge is 2.23. The highest BCUT2D eigenvalue weighted by atomic mass is 19.1. The van der Waals surface area contributed by atoms with Gasteiger partial charge in [-0.3, -0.25) is 4.79 Å². The van der Waals surface area contributed by atoms with E-state index in [9.17, 15) is 14.0 Å². The van der Waals surface area contributed by atoms with Crippen molar-refractivity contribution in [3.8, 4) is 0 Å². The minimum absolute atomic E-state index is 0.0576. The SMILES string of the molecule is O=C(O)c1cn(CC(=O)N(Cc2cccc(F)c2)CC2CCCO2)nn1. The van der Waals surface area contributed by atoms with Gasteiger partial charge in [0.1, 0.15) is 12.4 Å². The van der Waals surface area contributed by atoms with Crippen molar-refractivity contribution in [3.05, 3.63) is 47.5 Å². The zero-order chi connectivity index (χ0) is 18.5. The Bertz CT molecular complexity index is 789. The summed E-state index contributed by atoms with van der Waals surface area (Å²) in [7, 11) is 0. The van der Waals surface area contributed by atoms with E-state index in [0.29, 0.717) is 18.7 Å². The van der Waals surface area contributed by atoms with Crippen LogP contribution in [0.5, 0.6) is 0 Å². The van der Waals surface area contributed by atoms with Crippen molar-refractivity contribution in [2.45, 2.75) is 32.0 Å². The van der Waals surface area contributed by atoms with Crippen LogP contribution in [0.1, 0.15) is 28.9 Å². The number of aromatic nitrogens is 3. The van der Waals surface area contributed by atoms with E-state index < -0.39 is 5.97 Å². The Labute approximate surface area is 149 Å². The molecule has 1 aromatic heterocycles. The molecule has 0 saturated carbocycles. The van der Waals surface area contributed by atoms with Crippen LogP contribution in [0.4, 0.5) is 4.39 Å². The highest BCUT2D eigenvalue weighted by molar-refractivity contribution is 5.84. The number of carboxylic acids is 1. The van der Waals surface area contributed by atoms with Gasteiger partial charge in [0.25, 0.3) is 0 Å². The minimum atomic E-state index is -1.21. The summed E-state index contributed by atoms with van der Waals surface area (Å²) in [6.07, 6.45) is 2.95. The molecule has 1 aliphatic rings. The first-order chi connectivity index (χ1) is 12.5. The van der Waals surface area contributed by atoms with Crippen LogP contribution in [0.2, 0.25) is 0 Å². The van der Waals surface area contributed by atoms with Gasteiger partial charge in [0.15, 0.2) is 5.69 Å². The van der Waals surface area contributed by atoms with Crippen LogP contribution in [-0.4, -0.2) is 56.1 Å². The van der Waals surface area contributed by atoms with Crippen LogP contribution in [-0.2, 0) is 22.6 Å². The summed E-state index contributed by atoms with van der Waals surface area (Å²) in [6.45, 7) is 1.13. The number of carbonyl (C=O) groups is 2. The number of aromatic carboxylic acids is 1. The second-order valence-electron chi connectivity index (χ2n) is 6.15. The Morgan fingerprint density at radius 2 is 2.27 bits per heavy atom. The fourth-order valence-corrected chi connectivity index (χ4v) is 2.86. The van der Waals surface area contributed by atoms with Crippen molar-refractivity contribution >= 4 is 11.9 Å². The third-order valence-corrected chi connectivity index (χ3v) is 4.12. The molecule has 0 spiro atoms. The van der Waals surface area contributed by atoms with Crippen molar-refractivity contribution < 1.29 is 23.8 Å². The molecule has 1 amide bonds. The first-order valence-electron chi connectivity index (χ1n) is 8.28. The summed E-state index contributed by atoms with van der Waals surface area (Å²) < 4.78 is 20.2. The van der Waals surface area contributed by atoms with E-state index in [1.54, 1.807) is 17.0 Å². The summed E-state index contributed by atoms with van der Waals surface area (Å²) in [4.78, 5) is 25.2. The van der Waals surface area contributed by atoms with Gasteiger partial charge in [-0.2, -0.15) is 0 Å². The maximum Gasteiger partial charge on any atom is 0.358 e. The molecular formula is C17H19FN4O4. The Morgan fingerprint density at radius 1 is 1.42 bits per heavy atom. The Balaban J connectivity index is 1.72. The predicted molar refractivity (Wildman–Crippen MR) is 87.8 cm³/mol. The Morgan fingerprint density at radius 3 is 2.92 bits per heavy atom. The normalized spacial score (nSPS) is 16.6. The zero-order valence-electron chi connectivity index (χ0n) is 14.0. The molecule has 1 N–H and O–H groups in total. The molecule has 1 atom stereocenters. The maximum absolute atomic E-state index is 13.4. The number of amides is 1. The van der Waals surface area contributed by atoms with Gasteiger partial charge in [0.05, 0.1) is 12.3 Å². The summed E-state index contributed by atoms with van der Waals surface area (Å²) in [5.41, 5.74) is 0.440. The number of rotatable bonds is 7. The van der Waals surface area contributed by atoms with Crippen LogP contribution in [0, 0.1) is 5.82 Å². The summed E-state index contributed by atoms with van der Waals surface area (Å²) >= 11 is 0. The Kier molecular flexibility index (Phi) is 5.57. The summed E-state index contributed by atoms with van der Waals surface area (Å²) in [5, 5.41) is 16.0. The van der Waals surface area contributed by atoms with Crippen LogP contribution < -0.4 is 0 Å². The third-order valence-electron chi connectivity index (χ3n) is 4.12. The van der Waals surface area contributed by atoms with Crippen molar-refractivity contribution in [1.29, 1.82) is 0 Å². The molecule has 1 fully saturated rings. The quantitative estimate of drug-likeness (QED) is 0.798. The van der Waals surface area contributed by atoms with E-state index >= 15 is 0 Å². The molecule has 0 radical (unpaired) electrons. The van der Waals surface area contributed by atoms with Crippen molar-refractivity contribution in [2.75, 3.05) is 13.2 Å². The standard InChI is InChI=1S/C17H19FN4O4/c18-13-4-1-3-12(7-13)8-21(9-14-5-2-6-26-14)16(23)11-22-10-15(17(24)25)19-20-22/h1,3-4,7,10,14H,2,5-6,8-9,11H2,(H,24,25). The monoisotopic (exact) mass is 362 g/mol. The molecule has 0 bridgehead atoms. The lowest BCUT2D eigenvalue weighted by Crippen LogP contribution is -2.39. The number of carboxylic acid groups (broad SMARTS) is 1. The molecule has 1 saturated heterocycles. The van der Waals surface area contributed by atoms with Crippen molar-refractivity contribution in [1.82, 2.24) is 19.9 Å². The first kappa shape index (κ1) is 18.0. The highest BCUT2D eigenvalue weighted by Crippen LogP contribution is 2.16. The molecule has 8 nitrogen and oxygen atoms in total. The fraction of sp³-hybridized carbons (Fsp3) is 0.412. The number of ether oxygens (including phenoxy) is 1. The second-order valence-corrected chi connectivity index (χ2v) is 6.15. The van der Waals surface area contributed by atoms with Crippen molar-refractivity contribution in [2.24, 2.45) is 0 Å². The van der Waals surface area contributed by atoms with Gasteiger partial charge in [-0.25, -0.2) is 13.9 Å². The molecule has 26 heavy (non-hydrogen) atoms. The molecular weight excluding hydrogens is 343 g/mol. The van der Waals surface area contributed by atoms with E-state index in [0.717, 1.165) is 12.8 Å². The van der Waals surface area contributed by atoms with E-state index in [-0.39, 0.29) is 36.6 Å². The van der Waals surface area contributed by atoms with E-state index in [4.69, 9.17) is 9.84 Å². The molecule has 3 rings (SSSR count). The lowest BCUT2D eigenvalue weighted by atomic mass is 10.1. The predicted octanol–water partition coefficient (Wildman–Crippen LogP) is 1.32. The minimum Gasteiger partial charge on any atom is -0.476 e. The van der Waals surface area contributed by atoms with Crippen LogP contribution in [0.15, 0.2) is 30.5 Å². The number of halogens is 1. The average Bonchev–Trinajstić information content (AvgIpc) is 3.26. The molecule has 1 aromatic carbocycles. The molecule has 1 aliphatic heterocycles. The molecule has 1 unspecified atom stereocenters. The topological polar surface area (TPSA) is 97.5 Å². The Hall–Kier alpha value is -2.81. The lowest BCUT2D eigenvalue weighted by molar-refractivity contribution is -0.134. The zero-order valence-corrected chi connectivity index (χ0v) is 14.0. The summed E-state index contributed by atoms with van der Waals surface area (Å²) in [6, 6.07) is 6.07. The molecule has 138 valence electrons. The van der Waals surface area contributed by atoms with Gasteiger partial charge in [-0.05, 0) is 30.5 Å². The third kappa shape index (κ3) is 4.63. The van der Waals surface area contributed by atoms with Gasteiger partial charge < -0.3 is 14.7 Å². The largest absolute Gasteiger partial charge is 0.476 e. The number of hydrogen-bond acceptors (Lipinski definition) is 5. The summed E-state index contributed by atoms with van der Waals surface area (Å²) in [5.74, 6) is -1.85. The van der Waals surface area contributed by atoms with Crippen molar-refractivity contribution in [3.63, 3.8) is 0 Å². The lowest BCUT2D eigenvalue weighted by Gasteiger charge is -2.25. The van der Waals surface area contributed by atoms with Gasteiger partial charge in [-0.1, -0.05) is 17.3 Å². The average molecular weight is 362 g/mol. The smallest absolute Gasteiger partial charge is 0.358 e. The molecule has 2 aromatic rings. The van der Waals surface area contributed by atoms with Gasteiger partial charge in [0, 0.05) is 19.7 Å². The van der Waals surface area contributed by atoms with E-state index in [2.05, 4.69) is 10.3 Å². The van der Waals surface area contributed by atoms with Crippen LogP contribution in [0.3, 0.4) is 0 Å². The molecule has 9 heteroatoms.